The van der Waals surface area contributed by atoms with Crippen molar-refractivity contribution in [2.24, 2.45) is 0 Å². The quantitative estimate of drug-likeness (QED) is 0.708. The second kappa shape index (κ2) is 4.36. The minimum Gasteiger partial charge on any atom is -0.509 e. The van der Waals surface area contributed by atoms with Crippen molar-refractivity contribution in [1.82, 2.24) is 0 Å². The Morgan fingerprint density at radius 2 is 2.00 bits per heavy atom. The van der Waals surface area contributed by atoms with Gasteiger partial charge in [0.25, 0.3) is 0 Å². The molecule has 6 heteroatoms. The summed E-state index contributed by atoms with van der Waals surface area (Å²) in [6.07, 6.45) is 0. The summed E-state index contributed by atoms with van der Waals surface area (Å²) < 4.78 is 9.51. The van der Waals surface area contributed by atoms with Gasteiger partial charge < -0.3 is 19.4 Å². The predicted molar refractivity (Wildman–Crippen MR) is 48.8 cm³/mol. The van der Waals surface area contributed by atoms with Crippen LogP contribution in [0.5, 0.6) is 11.5 Å². The predicted octanol–water partition coefficient (Wildman–Crippen LogP) is 0.697. The third-order valence-electron chi connectivity index (χ3n) is 1.36. The van der Waals surface area contributed by atoms with Gasteiger partial charge in [-0.05, 0) is 12.1 Å². The fourth-order valence-electron chi connectivity index (χ4n) is 0.852. The summed E-state index contributed by atoms with van der Waals surface area (Å²) in [5.74, 6) is 0.572. The topological polar surface area (TPSA) is 58.9 Å². The lowest BCUT2D eigenvalue weighted by Gasteiger charge is -2.09. The van der Waals surface area contributed by atoms with Crippen molar-refractivity contribution in [3.05, 3.63) is 23.2 Å². The van der Waals surface area contributed by atoms with Gasteiger partial charge in [-0.1, -0.05) is 11.6 Å². The van der Waals surface area contributed by atoms with E-state index in [1.165, 1.54) is 19.2 Å². The lowest BCUT2D eigenvalue weighted by atomic mass is 10.2. The van der Waals surface area contributed by atoms with E-state index in [1.54, 1.807) is 6.07 Å². The van der Waals surface area contributed by atoms with E-state index in [4.69, 9.17) is 26.4 Å². The van der Waals surface area contributed by atoms with Crippen LogP contribution in [0, 0.1) is 0 Å². The fraction of sp³-hybridized carbons (Fsp3) is 0.143. The summed E-state index contributed by atoms with van der Waals surface area (Å²) in [4.78, 5) is 0. The van der Waals surface area contributed by atoms with Gasteiger partial charge in [0.2, 0.25) is 0 Å². The summed E-state index contributed by atoms with van der Waals surface area (Å²) >= 11 is 5.67. The monoisotopic (exact) mass is 202 g/mol. The van der Waals surface area contributed by atoms with Crippen LogP contribution >= 0.6 is 11.6 Å². The molecule has 0 aliphatic heterocycles. The van der Waals surface area contributed by atoms with E-state index in [0.29, 0.717) is 10.8 Å². The zero-order valence-corrected chi connectivity index (χ0v) is 7.65. The van der Waals surface area contributed by atoms with E-state index >= 15 is 0 Å². The molecule has 0 saturated carbocycles. The highest BCUT2D eigenvalue weighted by Gasteiger charge is 2.14. The molecule has 0 unspecified atom stereocenters. The van der Waals surface area contributed by atoms with Crippen LogP contribution < -0.4 is 9.39 Å². The van der Waals surface area contributed by atoms with Crippen molar-refractivity contribution >= 4 is 18.9 Å². The van der Waals surface area contributed by atoms with Gasteiger partial charge in [-0.2, -0.15) is 0 Å². The lowest BCUT2D eigenvalue weighted by Crippen LogP contribution is -2.20. The molecule has 0 aromatic heterocycles. The first-order valence-electron chi connectivity index (χ1n) is 3.50. The van der Waals surface area contributed by atoms with Gasteiger partial charge in [-0.3, -0.25) is 0 Å². The molecule has 4 nitrogen and oxygen atoms in total. The van der Waals surface area contributed by atoms with E-state index in [9.17, 15) is 0 Å². The first-order chi connectivity index (χ1) is 6.13. The summed E-state index contributed by atoms with van der Waals surface area (Å²) in [7, 11) is -0.433. The first kappa shape index (κ1) is 10.2. The van der Waals surface area contributed by atoms with Crippen molar-refractivity contribution < 1.29 is 19.4 Å². The van der Waals surface area contributed by atoms with Crippen molar-refractivity contribution in [3.8, 4) is 11.5 Å². The van der Waals surface area contributed by atoms with Crippen molar-refractivity contribution in [1.29, 1.82) is 0 Å². The highest BCUT2D eigenvalue weighted by Crippen LogP contribution is 2.29. The molecule has 0 heterocycles. The standard InChI is InChI=1S/C7H8BClO4/c1-12-7-4-5(9)2-3-6(7)13-8(10)11/h2-4,10-11H,1H3. The van der Waals surface area contributed by atoms with Crippen LogP contribution in [0.4, 0.5) is 0 Å². The molecule has 13 heavy (non-hydrogen) atoms. The Balaban J connectivity index is 2.92. The Kier molecular flexibility index (Phi) is 3.42. The molecule has 0 bridgehead atoms. The zero-order chi connectivity index (χ0) is 9.84. The first-order valence-corrected chi connectivity index (χ1v) is 3.87. The molecule has 1 aromatic rings. The third kappa shape index (κ3) is 2.80. The number of ether oxygens (including phenoxy) is 1. The van der Waals surface area contributed by atoms with E-state index in [2.05, 4.69) is 4.65 Å². The maximum absolute atomic E-state index is 8.54. The maximum Gasteiger partial charge on any atom is 0.707 e. The Morgan fingerprint density at radius 3 is 2.54 bits per heavy atom. The number of hydrogen-bond acceptors (Lipinski definition) is 4. The van der Waals surface area contributed by atoms with Gasteiger partial charge in [-0.15, -0.1) is 0 Å². The molecule has 0 radical (unpaired) electrons. The highest BCUT2D eigenvalue weighted by molar-refractivity contribution is 6.34. The molecular weight excluding hydrogens is 194 g/mol. The second-order valence-corrected chi connectivity index (χ2v) is 2.68. The van der Waals surface area contributed by atoms with Crippen molar-refractivity contribution in [2.45, 2.75) is 0 Å². The molecule has 2 N–H and O–H groups in total. The molecule has 1 rings (SSSR count). The molecule has 0 aliphatic rings. The molecular formula is C7H8BClO4. The molecule has 0 atom stereocenters. The summed E-state index contributed by atoms with van der Waals surface area (Å²) in [5, 5.41) is 17.6. The summed E-state index contributed by atoms with van der Waals surface area (Å²) in [6.45, 7) is 0. The number of hydrogen-bond donors (Lipinski definition) is 2. The van der Waals surface area contributed by atoms with Crippen LogP contribution in [0.1, 0.15) is 0 Å². The minimum atomic E-state index is -1.87. The Hall–Kier alpha value is -0.905. The fourth-order valence-corrected chi connectivity index (χ4v) is 1.01. The maximum atomic E-state index is 8.54. The molecule has 0 amide bonds. The number of halogens is 1. The molecule has 0 fully saturated rings. The molecule has 70 valence electrons. The molecule has 0 spiro atoms. The van der Waals surface area contributed by atoms with Gasteiger partial charge in [0, 0.05) is 11.1 Å². The number of benzene rings is 1. The summed E-state index contributed by atoms with van der Waals surface area (Å²) in [6, 6.07) is 4.56. The lowest BCUT2D eigenvalue weighted by molar-refractivity contribution is 0.279. The third-order valence-corrected chi connectivity index (χ3v) is 1.59. The number of methoxy groups -OCH3 is 1. The van der Waals surface area contributed by atoms with Crippen molar-refractivity contribution in [2.75, 3.05) is 7.11 Å². The van der Waals surface area contributed by atoms with Crippen LogP contribution in [0.15, 0.2) is 18.2 Å². The second-order valence-electron chi connectivity index (χ2n) is 2.24. The minimum absolute atomic E-state index is 0.224. The zero-order valence-electron chi connectivity index (χ0n) is 6.90. The van der Waals surface area contributed by atoms with Gasteiger partial charge in [0.1, 0.15) is 5.75 Å². The molecule has 1 aromatic carbocycles. The highest BCUT2D eigenvalue weighted by atomic mass is 35.5. The van der Waals surface area contributed by atoms with Gasteiger partial charge in [0.15, 0.2) is 5.75 Å². The Morgan fingerprint density at radius 1 is 1.31 bits per heavy atom. The molecule has 0 aliphatic carbocycles. The van der Waals surface area contributed by atoms with Gasteiger partial charge in [0.05, 0.1) is 7.11 Å². The SMILES string of the molecule is COc1cc(Cl)ccc1OB(O)O. The smallest absolute Gasteiger partial charge is 0.509 e. The van der Waals surface area contributed by atoms with Crippen LogP contribution in [0.3, 0.4) is 0 Å². The Bertz CT molecular complexity index is 292. The van der Waals surface area contributed by atoms with Crippen LogP contribution in [0.2, 0.25) is 5.02 Å². The van der Waals surface area contributed by atoms with Crippen LogP contribution in [-0.2, 0) is 0 Å². The summed E-state index contributed by atoms with van der Waals surface area (Å²) in [5.41, 5.74) is 0. The van der Waals surface area contributed by atoms with Crippen molar-refractivity contribution in [3.63, 3.8) is 0 Å². The van der Waals surface area contributed by atoms with Gasteiger partial charge >= 0.3 is 7.32 Å². The average Bonchev–Trinajstić information content (AvgIpc) is 2.07. The van der Waals surface area contributed by atoms with E-state index in [0.717, 1.165) is 0 Å². The largest absolute Gasteiger partial charge is 0.707 e. The Labute approximate surface area is 80.8 Å². The van der Waals surface area contributed by atoms with E-state index in [1.807, 2.05) is 0 Å². The average molecular weight is 202 g/mol. The van der Waals surface area contributed by atoms with E-state index in [-0.39, 0.29) is 5.75 Å². The van der Waals surface area contributed by atoms with Gasteiger partial charge in [-0.25, -0.2) is 0 Å². The molecule has 0 saturated heterocycles. The number of rotatable bonds is 3. The van der Waals surface area contributed by atoms with Crippen LogP contribution in [-0.4, -0.2) is 24.5 Å². The van der Waals surface area contributed by atoms with E-state index < -0.39 is 7.32 Å². The van der Waals surface area contributed by atoms with Crippen LogP contribution in [0.25, 0.3) is 0 Å². The normalized spacial score (nSPS) is 9.54.